The van der Waals surface area contributed by atoms with Crippen LogP contribution >= 0.6 is 0 Å². The molecule has 0 radical (unpaired) electrons. The molecule has 7 heteroatoms. The Morgan fingerprint density at radius 3 is 2.41 bits per heavy atom. The molecule has 1 N–H and O–H groups in total. The number of carbonyl (C=O) groups is 3. The smallest absolute Gasteiger partial charge is 0.411 e. The molecule has 1 aliphatic heterocycles. The normalized spacial score (nSPS) is 25.8. The van der Waals surface area contributed by atoms with Gasteiger partial charge in [0.2, 0.25) is 5.91 Å². The SMILES string of the molecule is C=CCC(C)(C)CC(=O)NC[C@@]12C[C@@H](C(=O)OCC)N(C(=O)OC(C)(C)C)[C@@H]1C2. The van der Waals surface area contributed by atoms with Crippen LogP contribution < -0.4 is 5.32 Å². The van der Waals surface area contributed by atoms with E-state index < -0.39 is 23.7 Å². The van der Waals surface area contributed by atoms with Gasteiger partial charge in [-0.25, -0.2) is 9.59 Å². The second kappa shape index (κ2) is 8.36. The highest BCUT2D eigenvalue weighted by Crippen LogP contribution is 2.59. The Labute approximate surface area is 174 Å². The monoisotopic (exact) mass is 408 g/mol. The molecule has 29 heavy (non-hydrogen) atoms. The van der Waals surface area contributed by atoms with Crippen molar-refractivity contribution in [1.29, 1.82) is 0 Å². The van der Waals surface area contributed by atoms with Gasteiger partial charge in [0.25, 0.3) is 0 Å². The molecule has 0 aromatic carbocycles. The molecule has 2 amide bonds. The Morgan fingerprint density at radius 2 is 1.86 bits per heavy atom. The molecular formula is C22H36N2O5. The molecule has 2 aliphatic rings. The number of allylic oxidation sites excluding steroid dienone is 1. The average Bonchev–Trinajstić information content (AvgIpc) is 3.15. The lowest BCUT2D eigenvalue weighted by atomic mass is 9.85. The van der Waals surface area contributed by atoms with E-state index in [9.17, 15) is 14.4 Å². The van der Waals surface area contributed by atoms with Crippen LogP contribution in [0, 0.1) is 10.8 Å². The standard InChI is InChI=1S/C22H36N2O5/c1-8-10-21(6,7)13-17(25)23-14-22-11-15(18(26)28-9-2)24(16(22)12-22)19(27)29-20(3,4)5/h8,15-16H,1,9-14H2,2-7H3,(H,23,25)/t15-,16+,22-/m0/s1. The molecule has 164 valence electrons. The van der Waals surface area contributed by atoms with Gasteiger partial charge in [-0.2, -0.15) is 0 Å². The zero-order valence-electron chi connectivity index (χ0n) is 18.7. The van der Waals surface area contributed by atoms with Gasteiger partial charge in [0, 0.05) is 24.4 Å². The zero-order valence-corrected chi connectivity index (χ0v) is 18.7. The number of fused-ring (bicyclic) bond motifs is 1. The van der Waals surface area contributed by atoms with Gasteiger partial charge in [-0.05, 0) is 52.4 Å². The summed E-state index contributed by atoms with van der Waals surface area (Å²) in [6, 6.07) is -0.786. The minimum absolute atomic E-state index is 0.0275. The number of nitrogens with zero attached hydrogens (tertiary/aromatic N) is 1. The highest BCUT2D eigenvalue weighted by molar-refractivity contribution is 5.84. The van der Waals surface area contributed by atoms with Gasteiger partial charge in [0.05, 0.1) is 6.61 Å². The molecular weight excluding hydrogens is 372 g/mol. The fourth-order valence-electron chi connectivity index (χ4n) is 4.14. The van der Waals surface area contributed by atoms with Crippen LogP contribution in [0.4, 0.5) is 4.79 Å². The first kappa shape index (κ1) is 23.2. The van der Waals surface area contributed by atoms with Gasteiger partial charge in [0.15, 0.2) is 0 Å². The lowest BCUT2D eigenvalue weighted by molar-refractivity contribution is -0.149. The van der Waals surface area contributed by atoms with Crippen LogP contribution in [0.3, 0.4) is 0 Å². The summed E-state index contributed by atoms with van der Waals surface area (Å²) in [5, 5.41) is 3.02. The summed E-state index contributed by atoms with van der Waals surface area (Å²) in [6.45, 7) is 15.6. The molecule has 1 aliphatic carbocycles. The summed E-state index contributed by atoms with van der Waals surface area (Å²) in [7, 11) is 0. The highest BCUT2D eigenvalue weighted by atomic mass is 16.6. The number of rotatable bonds is 8. The third-order valence-corrected chi connectivity index (χ3v) is 5.55. The van der Waals surface area contributed by atoms with Crippen molar-refractivity contribution in [3.05, 3.63) is 12.7 Å². The maximum absolute atomic E-state index is 12.8. The van der Waals surface area contributed by atoms with Crippen molar-refractivity contribution < 1.29 is 23.9 Å². The third-order valence-electron chi connectivity index (χ3n) is 5.55. The van der Waals surface area contributed by atoms with E-state index in [4.69, 9.17) is 9.47 Å². The number of hydrogen-bond donors (Lipinski definition) is 1. The third kappa shape index (κ3) is 5.73. The van der Waals surface area contributed by atoms with Crippen LogP contribution in [0.1, 0.15) is 67.2 Å². The number of hydrogen-bond acceptors (Lipinski definition) is 5. The molecule has 0 aromatic heterocycles. The summed E-state index contributed by atoms with van der Waals surface area (Å²) < 4.78 is 10.7. The summed E-state index contributed by atoms with van der Waals surface area (Å²) >= 11 is 0. The van der Waals surface area contributed by atoms with Gasteiger partial charge in [-0.15, -0.1) is 6.58 Å². The van der Waals surface area contributed by atoms with Gasteiger partial charge in [-0.3, -0.25) is 9.69 Å². The number of nitrogens with one attached hydrogen (secondary N) is 1. The minimum Gasteiger partial charge on any atom is -0.464 e. The number of esters is 1. The average molecular weight is 409 g/mol. The lowest BCUT2D eigenvalue weighted by Crippen LogP contribution is -2.46. The lowest BCUT2D eigenvalue weighted by Gasteiger charge is -2.29. The Balaban J connectivity index is 2.05. The largest absolute Gasteiger partial charge is 0.464 e. The molecule has 1 heterocycles. The second-order valence-corrected chi connectivity index (χ2v) is 10.1. The first-order valence-electron chi connectivity index (χ1n) is 10.4. The maximum atomic E-state index is 12.8. The Bertz CT molecular complexity index is 667. The molecule has 0 bridgehead atoms. The summed E-state index contributed by atoms with van der Waals surface area (Å²) in [5.74, 6) is -0.441. The van der Waals surface area contributed by atoms with Crippen LogP contribution in [0.25, 0.3) is 0 Å². The second-order valence-electron chi connectivity index (χ2n) is 10.1. The molecule has 0 aromatic rings. The van der Waals surface area contributed by atoms with Gasteiger partial charge in [0.1, 0.15) is 11.6 Å². The van der Waals surface area contributed by atoms with Crippen LogP contribution in [-0.4, -0.2) is 53.7 Å². The van der Waals surface area contributed by atoms with E-state index in [1.54, 1.807) is 27.7 Å². The number of likely N-dealkylation sites (tertiary alicyclic amines) is 1. The molecule has 2 fully saturated rings. The van der Waals surface area contributed by atoms with Crippen LogP contribution in [0.5, 0.6) is 0 Å². The molecule has 2 rings (SSSR count). The van der Waals surface area contributed by atoms with E-state index in [-0.39, 0.29) is 29.4 Å². The molecule has 1 saturated carbocycles. The fraction of sp³-hybridized carbons (Fsp3) is 0.773. The highest BCUT2D eigenvalue weighted by Gasteiger charge is 2.68. The van der Waals surface area contributed by atoms with Crippen molar-refractivity contribution >= 4 is 18.0 Å². The molecule has 7 nitrogen and oxygen atoms in total. The first-order chi connectivity index (χ1) is 13.3. The minimum atomic E-state index is -0.669. The quantitative estimate of drug-likeness (QED) is 0.491. The predicted octanol–water partition coefficient (Wildman–Crippen LogP) is 3.43. The molecule has 0 spiro atoms. The predicted molar refractivity (Wildman–Crippen MR) is 110 cm³/mol. The van der Waals surface area contributed by atoms with E-state index in [1.165, 1.54) is 4.90 Å². The summed E-state index contributed by atoms with van der Waals surface area (Å²) in [4.78, 5) is 39.2. The number of carbonyl (C=O) groups excluding carboxylic acids is 3. The Kier molecular flexibility index (Phi) is 6.70. The topological polar surface area (TPSA) is 84.9 Å². The molecule has 1 saturated heterocycles. The number of amides is 2. The Hall–Kier alpha value is -2.05. The van der Waals surface area contributed by atoms with Crippen LogP contribution in [0.15, 0.2) is 12.7 Å². The van der Waals surface area contributed by atoms with Gasteiger partial charge >= 0.3 is 12.1 Å². The molecule has 0 unspecified atom stereocenters. The van der Waals surface area contributed by atoms with E-state index >= 15 is 0 Å². The summed E-state index contributed by atoms with van der Waals surface area (Å²) in [5.41, 5.74) is -1.09. The van der Waals surface area contributed by atoms with Crippen LogP contribution in [-0.2, 0) is 19.1 Å². The van der Waals surface area contributed by atoms with Crippen molar-refractivity contribution in [2.75, 3.05) is 13.2 Å². The van der Waals surface area contributed by atoms with E-state index in [0.717, 1.165) is 12.8 Å². The zero-order chi connectivity index (χ0) is 22.0. The van der Waals surface area contributed by atoms with Crippen LogP contribution in [0.2, 0.25) is 0 Å². The fourth-order valence-corrected chi connectivity index (χ4v) is 4.14. The van der Waals surface area contributed by atoms with Crippen molar-refractivity contribution in [2.24, 2.45) is 10.8 Å². The van der Waals surface area contributed by atoms with Gasteiger partial charge in [-0.1, -0.05) is 19.9 Å². The number of ether oxygens (including phenoxy) is 2. The number of piperidine rings is 1. The van der Waals surface area contributed by atoms with Crippen molar-refractivity contribution in [1.82, 2.24) is 10.2 Å². The van der Waals surface area contributed by atoms with Gasteiger partial charge < -0.3 is 14.8 Å². The first-order valence-corrected chi connectivity index (χ1v) is 10.4. The van der Waals surface area contributed by atoms with E-state index in [0.29, 0.717) is 19.4 Å². The summed E-state index contributed by atoms with van der Waals surface area (Å²) in [6.07, 6.45) is 3.70. The van der Waals surface area contributed by atoms with E-state index in [2.05, 4.69) is 11.9 Å². The van der Waals surface area contributed by atoms with E-state index in [1.807, 2.05) is 19.9 Å². The van der Waals surface area contributed by atoms with Crippen molar-refractivity contribution in [3.8, 4) is 0 Å². The molecule has 3 atom stereocenters. The van der Waals surface area contributed by atoms with Crippen molar-refractivity contribution in [2.45, 2.75) is 84.9 Å². The Morgan fingerprint density at radius 1 is 1.21 bits per heavy atom. The van der Waals surface area contributed by atoms with Crippen molar-refractivity contribution in [3.63, 3.8) is 0 Å². The maximum Gasteiger partial charge on any atom is 0.411 e.